The maximum absolute atomic E-state index is 6.49. The van der Waals surface area contributed by atoms with E-state index in [0.29, 0.717) is 19.0 Å². The number of hydrogen-bond acceptors (Lipinski definition) is 7. The van der Waals surface area contributed by atoms with E-state index in [1.54, 1.807) is 0 Å². The predicted octanol–water partition coefficient (Wildman–Crippen LogP) is 6.34. The van der Waals surface area contributed by atoms with Crippen LogP contribution in [0.4, 0.5) is 0 Å². The Kier molecular flexibility index (Phi) is 6.30. The minimum Gasteiger partial charge on any atom is -0.493 e. The van der Waals surface area contributed by atoms with Crippen LogP contribution in [0.15, 0.2) is 60.7 Å². The van der Waals surface area contributed by atoms with Gasteiger partial charge in [-0.15, -0.1) is 0 Å². The number of benzene rings is 3. The standard InChI is InChI=1S/C31H33NO6/c1-5-15-33-22-11-12-24(26(17-22)34-18-21-9-7-6-8-10-21)31-19-35-28-23-13-14-30(3,4)36-25(23)16-20(2)27(28)29(31)37-32-38-31/h6-14,16-17,29,32H,5,15,18-19H2,1-4H3. The monoisotopic (exact) mass is 515 g/mol. The SMILES string of the molecule is CCCOc1ccc(C23COc4c5c(cc(C)c4C2ONO3)OC(C)(C)C=C5)c(OCc2ccccc2)c1. The molecular formula is C31H33NO6. The lowest BCUT2D eigenvalue weighted by molar-refractivity contribution is -0.127. The lowest BCUT2D eigenvalue weighted by Crippen LogP contribution is -2.42. The first kappa shape index (κ1) is 24.8. The van der Waals surface area contributed by atoms with Gasteiger partial charge in [-0.25, -0.2) is 0 Å². The molecule has 0 amide bonds. The van der Waals surface area contributed by atoms with Crippen molar-refractivity contribution in [2.75, 3.05) is 13.2 Å². The van der Waals surface area contributed by atoms with Gasteiger partial charge in [0.25, 0.3) is 0 Å². The zero-order valence-corrected chi connectivity index (χ0v) is 22.2. The molecule has 0 aliphatic carbocycles. The molecule has 1 fully saturated rings. The van der Waals surface area contributed by atoms with Gasteiger partial charge in [0.15, 0.2) is 5.60 Å². The fourth-order valence-electron chi connectivity index (χ4n) is 5.28. The Hall–Kier alpha value is -3.52. The second kappa shape index (κ2) is 9.66. The minimum absolute atomic E-state index is 0.224. The fraction of sp³-hybridized carbons (Fsp3) is 0.355. The molecule has 0 spiro atoms. The molecule has 38 heavy (non-hydrogen) atoms. The van der Waals surface area contributed by atoms with E-state index in [2.05, 4.69) is 24.7 Å². The molecule has 3 aliphatic rings. The lowest BCUT2D eigenvalue weighted by Gasteiger charge is -2.39. The van der Waals surface area contributed by atoms with Crippen LogP contribution in [0, 0.1) is 6.92 Å². The van der Waals surface area contributed by atoms with Crippen LogP contribution in [-0.4, -0.2) is 18.8 Å². The van der Waals surface area contributed by atoms with Gasteiger partial charge in [0.1, 0.15) is 47.9 Å². The summed E-state index contributed by atoms with van der Waals surface area (Å²) in [6, 6.07) is 18.0. The molecule has 3 heterocycles. The van der Waals surface area contributed by atoms with Crippen LogP contribution in [0.25, 0.3) is 6.08 Å². The van der Waals surface area contributed by atoms with Gasteiger partial charge in [0.05, 0.1) is 12.2 Å². The molecule has 7 nitrogen and oxygen atoms in total. The van der Waals surface area contributed by atoms with Gasteiger partial charge in [0, 0.05) is 17.2 Å². The Morgan fingerprint density at radius 3 is 2.71 bits per heavy atom. The molecule has 0 aromatic heterocycles. The van der Waals surface area contributed by atoms with Crippen molar-refractivity contribution in [1.29, 1.82) is 0 Å². The maximum Gasteiger partial charge on any atom is 0.187 e. The summed E-state index contributed by atoms with van der Waals surface area (Å²) in [4.78, 5) is 12.2. The van der Waals surface area contributed by atoms with Crippen LogP contribution in [0.1, 0.15) is 61.1 Å². The molecular weight excluding hydrogens is 482 g/mol. The summed E-state index contributed by atoms with van der Waals surface area (Å²) in [6.07, 6.45) is 4.56. The van der Waals surface area contributed by atoms with Crippen molar-refractivity contribution in [2.24, 2.45) is 0 Å². The first-order valence-electron chi connectivity index (χ1n) is 13.1. The predicted molar refractivity (Wildman–Crippen MR) is 143 cm³/mol. The van der Waals surface area contributed by atoms with E-state index in [-0.39, 0.29) is 12.2 Å². The van der Waals surface area contributed by atoms with Gasteiger partial charge < -0.3 is 18.9 Å². The van der Waals surface area contributed by atoms with E-state index in [1.165, 1.54) is 0 Å². The van der Waals surface area contributed by atoms with E-state index in [0.717, 1.165) is 51.5 Å². The number of aryl methyl sites for hydroxylation is 1. The molecule has 198 valence electrons. The number of hydrogen-bond donors (Lipinski definition) is 1. The highest BCUT2D eigenvalue weighted by molar-refractivity contribution is 5.72. The first-order valence-corrected chi connectivity index (χ1v) is 13.1. The molecule has 2 unspecified atom stereocenters. The maximum atomic E-state index is 6.49. The highest BCUT2D eigenvalue weighted by Gasteiger charge is 2.56. The molecule has 3 aromatic carbocycles. The molecule has 6 rings (SSSR count). The van der Waals surface area contributed by atoms with Crippen LogP contribution in [0.2, 0.25) is 0 Å². The number of ether oxygens (including phenoxy) is 4. The molecule has 2 atom stereocenters. The summed E-state index contributed by atoms with van der Waals surface area (Å²) in [6.45, 7) is 9.46. The van der Waals surface area contributed by atoms with Gasteiger partial charge in [-0.2, -0.15) is 0 Å². The van der Waals surface area contributed by atoms with Crippen LogP contribution < -0.4 is 24.6 Å². The normalized spacial score (nSPS) is 22.5. The molecule has 3 aromatic rings. The van der Waals surface area contributed by atoms with Crippen molar-refractivity contribution in [2.45, 2.75) is 58.0 Å². The van der Waals surface area contributed by atoms with Crippen LogP contribution in [0.3, 0.4) is 0 Å². The van der Waals surface area contributed by atoms with Crippen molar-refractivity contribution in [3.05, 3.63) is 88.5 Å². The van der Waals surface area contributed by atoms with Gasteiger partial charge in [0.2, 0.25) is 0 Å². The largest absolute Gasteiger partial charge is 0.493 e. The molecule has 0 saturated carbocycles. The average molecular weight is 516 g/mol. The smallest absolute Gasteiger partial charge is 0.187 e. The van der Waals surface area contributed by atoms with Crippen molar-refractivity contribution < 1.29 is 28.6 Å². The second-order valence-electron chi connectivity index (χ2n) is 10.5. The minimum atomic E-state index is -0.972. The van der Waals surface area contributed by atoms with Crippen molar-refractivity contribution >= 4 is 6.08 Å². The van der Waals surface area contributed by atoms with Crippen molar-refractivity contribution in [3.63, 3.8) is 0 Å². The van der Waals surface area contributed by atoms with Crippen LogP contribution in [0.5, 0.6) is 23.0 Å². The Labute approximate surface area is 223 Å². The van der Waals surface area contributed by atoms with Crippen molar-refractivity contribution in [1.82, 2.24) is 5.64 Å². The highest BCUT2D eigenvalue weighted by atomic mass is 17.0. The number of fused-ring (bicyclic) bond motifs is 5. The highest BCUT2D eigenvalue weighted by Crippen LogP contribution is 2.56. The topological polar surface area (TPSA) is 67.4 Å². The Balaban J connectivity index is 1.41. The third-order valence-electron chi connectivity index (χ3n) is 7.18. The lowest BCUT2D eigenvalue weighted by atomic mass is 9.80. The summed E-state index contributed by atoms with van der Waals surface area (Å²) >= 11 is 0. The zero-order chi connectivity index (χ0) is 26.3. The third-order valence-corrected chi connectivity index (χ3v) is 7.18. The second-order valence-corrected chi connectivity index (χ2v) is 10.5. The molecule has 0 radical (unpaired) electrons. The zero-order valence-electron chi connectivity index (χ0n) is 22.2. The van der Waals surface area contributed by atoms with E-state index >= 15 is 0 Å². The van der Waals surface area contributed by atoms with Crippen LogP contribution in [-0.2, 0) is 21.9 Å². The Morgan fingerprint density at radius 1 is 1.05 bits per heavy atom. The van der Waals surface area contributed by atoms with Gasteiger partial charge in [-0.1, -0.05) is 42.9 Å². The summed E-state index contributed by atoms with van der Waals surface area (Å²) in [7, 11) is 0. The molecule has 3 aliphatic heterocycles. The van der Waals surface area contributed by atoms with Gasteiger partial charge >= 0.3 is 0 Å². The fourth-order valence-corrected chi connectivity index (χ4v) is 5.28. The number of rotatable bonds is 7. The van der Waals surface area contributed by atoms with E-state index in [4.69, 9.17) is 28.6 Å². The quantitative estimate of drug-likeness (QED) is 0.394. The summed E-state index contributed by atoms with van der Waals surface area (Å²) in [5, 5.41) is 0. The van der Waals surface area contributed by atoms with Crippen molar-refractivity contribution in [3.8, 4) is 23.0 Å². The summed E-state index contributed by atoms with van der Waals surface area (Å²) in [5.41, 5.74) is 6.07. The van der Waals surface area contributed by atoms with Gasteiger partial charge in [-0.05, 0) is 68.7 Å². The molecule has 1 saturated heterocycles. The number of nitrogens with one attached hydrogen (secondary N) is 1. The first-order chi connectivity index (χ1) is 18.4. The molecule has 1 N–H and O–H groups in total. The molecule has 0 bridgehead atoms. The summed E-state index contributed by atoms with van der Waals surface area (Å²) < 4.78 is 25.1. The Morgan fingerprint density at radius 2 is 1.89 bits per heavy atom. The Bertz CT molecular complexity index is 1370. The average Bonchev–Trinajstić information content (AvgIpc) is 3.35. The van der Waals surface area contributed by atoms with E-state index < -0.39 is 11.7 Å². The van der Waals surface area contributed by atoms with E-state index in [1.807, 2.05) is 75.4 Å². The van der Waals surface area contributed by atoms with Gasteiger partial charge in [-0.3, -0.25) is 9.68 Å². The summed E-state index contributed by atoms with van der Waals surface area (Å²) in [5.74, 6) is 2.96. The van der Waals surface area contributed by atoms with Crippen LogP contribution >= 0.6 is 0 Å². The third kappa shape index (κ3) is 4.30. The molecule has 7 heteroatoms. The van der Waals surface area contributed by atoms with E-state index in [9.17, 15) is 0 Å².